The number of benzene rings is 1. The molecule has 1 spiro atoms. The van der Waals surface area contributed by atoms with Crippen LogP contribution in [0.15, 0.2) is 28.7 Å². The highest BCUT2D eigenvalue weighted by Gasteiger charge is 2.57. The van der Waals surface area contributed by atoms with Gasteiger partial charge < -0.3 is 10.6 Å². The molecule has 2 fully saturated rings. The lowest BCUT2D eigenvalue weighted by Crippen LogP contribution is -2.39. The highest BCUT2D eigenvalue weighted by molar-refractivity contribution is 9.10. The fourth-order valence-electron chi connectivity index (χ4n) is 3.63. The lowest BCUT2D eigenvalue weighted by atomic mass is 9.84. The molecule has 1 atom stereocenters. The van der Waals surface area contributed by atoms with Crippen molar-refractivity contribution < 1.29 is 4.79 Å². The number of amides is 1. The van der Waals surface area contributed by atoms with E-state index in [0.717, 1.165) is 36.8 Å². The number of carbonyl (C=O) groups is 1. The van der Waals surface area contributed by atoms with Crippen LogP contribution in [-0.2, 0) is 10.2 Å². The minimum absolute atomic E-state index is 0.0491. The Kier molecular flexibility index (Phi) is 4.34. The SMILES string of the molecule is CC(C)(CNC(=O)C1CC12CCNCC2)c1ccc(Br)cc1. The van der Waals surface area contributed by atoms with Crippen LogP contribution in [0.2, 0.25) is 0 Å². The lowest BCUT2D eigenvalue weighted by Gasteiger charge is -2.27. The van der Waals surface area contributed by atoms with Crippen LogP contribution in [0.5, 0.6) is 0 Å². The predicted molar refractivity (Wildman–Crippen MR) is 92.8 cm³/mol. The third-order valence-electron chi connectivity index (χ3n) is 5.44. The second-order valence-corrected chi connectivity index (χ2v) is 8.39. The smallest absolute Gasteiger partial charge is 0.223 e. The number of carbonyl (C=O) groups excluding carboxylic acids is 1. The van der Waals surface area contributed by atoms with Gasteiger partial charge in [-0.1, -0.05) is 41.9 Å². The number of nitrogens with one attached hydrogen (secondary N) is 2. The van der Waals surface area contributed by atoms with E-state index < -0.39 is 0 Å². The zero-order valence-electron chi connectivity index (χ0n) is 13.4. The van der Waals surface area contributed by atoms with Crippen molar-refractivity contribution in [3.05, 3.63) is 34.3 Å². The number of rotatable bonds is 4. The first-order valence-corrected chi connectivity index (χ1v) is 8.97. The van der Waals surface area contributed by atoms with E-state index in [2.05, 4.69) is 64.7 Å². The first kappa shape index (κ1) is 16.0. The molecule has 1 aromatic rings. The zero-order chi connectivity index (χ0) is 15.8. The molecule has 1 heterocycles. The maximum atomic E-state index is 12.5. The first-order chi connectivity index (χ1) is 10.4. The average molecular weight is 365 g/mol. The highest BCUT2D eigenvalue weighted by Crippen LogP contribution is 2.58. The van der Waals surface area contributed by atoms with E-state index in [0.29, 0.717) is 12.0 Å². The fourth-order valence-corrected chi connectivity index (χ4v) is 3.89. The minimum atomic E-state index is -0.0491. The first-order valence-electron chi connectivity index (χ1n) is 8.17. The molecule has 1 aliphatic heterocycles. The Hall–Kier alpha value is -0.870. The van der Waals surface area contributed by atoms with Crippen LogP contribution >= 0.6 is 15.9 Å². The largest absolute Gasteiger partial charge is 0.355 e. The Morgan fingerprint density at radius 2 is 1.95 bits per heavy atom. The second kappa shape index (κ2) is 5.97. The normalized spacial score (nSPS) is 23.3. The summed E-state index contributed by atoms with van der Waals surface area (Å²) in [6.45, 7) is 7.19. The van der Waals surface area contributed by atoms with Gasteiger partial charge >= 0.3 is 0 Å². The van der Waals surface area contributed by atoms with Gasteiger partial charge in [-0.3, -0.25) is 4.79 Å². The maximum absolute atomic E-state index is 12.5. The molecule has 22 heavy (non-hydrogen) atoms. The van der Waals surface area contributed by atoms with Crippen molar-refractivity contribution in [1.29, 1.82) is 0 Å². The molecule has 1 aliphatic carbocycles. The third kappa shape index (κ3) is 3.23. The second-order valence-electron chi connectivity index (χ2n) is 7.48. The van der Waals surface area contributed by atoms with Crippen molar-refractivity contribution in [2.45, 2.75) is 38.5 Å². The molecular formula is C18H25BrN2O. The Labute approximate surface area is 141 Å². The van der Waals surface area contributed by atoms with E-state index in [1.165, 1.54) is 5.56 Å². The quantitative estimate of drug-likeness (QED) is 0.860. The van der Waals surface area contributed by atoms with E-state index >= 15 is 0 Å². The van der Waals surface area contributed by atoms with Crippen molar-refractivity contribution in [2.24, 2.45) is 11.3 Å². The Bertz CT molecular complexity index is 547. The summed E-state index contributed by atoms with van der Waals surface area (Å²) >= 11 is 3.47. The molecule has 2 aliphatic rings. The van der Waals surface area contributed by atoms with E-state index in [4.69, 9.17) is 0 Å². The van der Waals surface area contributed by atoms with Crippen molar-refractivity contribution in [3.63, 3.8) is 0 Å². The van der Waals surface area contributed by atoms with Crippen LogP contribution in [0.1, 0.15) is 38.7 Å². The summed E-state index contributed by atoms with van der Waals surface area (Å²) in [4.78, 5) is 12.5. The summed E-state index contributed by atoms with van der Waals surface area (Å²) in [7, 11) is 0. The van der Waals surface area contributed by atoms with E-state index in [1.807, 2.05) is 0 Å². The van der Waals surface area contributed by atoms with Crippen LogP contribution in [0, 0.1) is 11.3 Å². The van der Waals surface area contributed by atoms with Crippen LogP contribution in [0.3, 0.4) is 0 Å². The van der Waals surface area contributed by atoms with Crippen molar-refractivity contribution in [1.82, 2.24) is 10.6 Å². The predicted octanol–water partition coefficient (Wildman–Crippen LogP) is 3.23. The molecule has 1 unspecified atom stereocenters. The van der Waals surface area contributed by atoms with Crippen LogP contribution in [0.25, 0.3) is 0 Å². The van der Waals surface area contributed by atoms with Crippen LogP contribution < -0.4 is 10.6 Å². The van der Waals surface area contributed by atoms with Gasteiger partial charge in [-0.25, -0.2) is 0 Å². The number of hydrogen-bond donors (Lipinski definition) is 2. The van der Waals surface area contributed by atoms with Crippen LogP contribution in [-0.4, -0.2) is 25.5 Å². The molecule has 1 saturated carbocycles. The van der Waals surface area contributed by atoms with Crippen molar-refractivity contribution in [2.75, 3.05) is 19.6 Å². The zero-order valence-corrected chi connectivity index (χ0v) is 15.0. The number of hydrogen-bond acceptors (Lipinski definition) is 2. The number of halogens is 1. The molecule has 0 radical (unpaired) electrons. The van der Waals surface area contributed by atoms with E-state index in [9.17, 15) is 4.79 Å². The summed E-state index contributed by atoms with van der Waals surface area (Å²) in [6.07, 6.45) is 3.39. The Balaban J connectivity index is 1.55. The Morgan fingerprint density at radius 1 is 1.32 bits per heavy atom. The molecule has 3 nitrogen and oxygen atoms in total. The van der Waals surface area contributed by atoms with Crippen molar-refractivity contribution in [3.8, 4) is 0 Å². The van der Waals surface area contributed by atoms with Gasteiger partial charge in [0.25, 0.3) is 0 Å². The number of piperidine rings is 1. The molecule has 4 heteroatoms. The molecule has 0 aromatic heterocycles. The summed E-state index contributed by atoms with van der Waals surface area (Å²) in [6, 6.07) is 8.37. The summed E-state index contributed by atoms with van der Waals surface area (Å²) < 4.78 is 1.09. The summed E-state index contributed by atoms with van der Waals surface area (Å²) in [5.41, 5.74) is 1.52. The fraction of sp³-hybridized carbons (Fsp3) is 0.611. The van der Waals surface area contributed by atoms with Gasteiger partial charge in [-0.2, -0.15) is 0 Å². The van der Waals surface area contributed by atoms with Gasteiger partial charge in [0.05, 0.1) is 0 Å². The Morgan fingerprint density at radius 3 is 2.59 bits per heavy atom. The molecule has 1 saturated heterocycles. The molecule has 1 amide bonds. The third-order valence-corrected chi connectivity index (χ3v) is 5.96. The summed E-state index contributed by atoms with van der Waals surface area (Å²) in [5, 5.41) is 6.59. The van der Waals surface area contributed by atoms with E-state index in [1.54, 1.807) is 0 Å². The van der Waals surface area contributed by atoms with Gasteiger partial charge in [-0.05, 0) is 55.5 Å². The van der Waals surface area contributed by atoms with Gasteiger partial charge in [0.15, 0.2) is 0 Å². The van der Waals surface area contributed by atoms with Gasteiger partial charge in [0.2, 0.25) is 5.91 Å². The van der Waals surface area contributed by atoms with Crippen molar-refractivity contribution >= 4 is 21.8 Å². The average Bonchev–Trinajstić information content (AvgIpc) is 3.19. The maximum Gasteiger partial charge on any atom is 0.223 e. The summed E-state index contributed by atoms with van der Waals surface area (Å²) in [5.74, 6) is 0.502. The monoisotopic (exact) mass is 364 g/mol. The lowest BCUT2D eigenvalue weighted by molar-refractivity contribution is -0.123. The molecule has 1 aromatic carbocycles. The topological polar surface area (TPSA) is 41.1 Å². The van der Waals surface area contributed by atoms with Gasteiger partial charge in [0.1, 0.15) is 0 Å². The molecule has 2 N–H and O–H groups in total. The minimum Gasteiger partial charge on any atom is -0.355 e. The molecular weight excluding hydrogens is 340 g/mol. The van der Waals surface area contributed by atoms with Gasteiger partial charge in [0, 0.05) is 22.4 Å². The standard InChI is InChI=1S/C18H25BrN2O/c1-17(2,13-3-5-14(19)6-4-13)12-21-16(22)15-11-18(15)7-9-20-10-8-18/h3-6,15,20H,7-12H2,1-2H3,(H,21,22). The molecule has 120 valence electrons. The highest BCUT2D eigenvalue weighted by atomic mass is 79.9. The van der Waals surface area contributed by atoms with Crippen LogP contribution in [0.4, 0.5) is 0 Å². The van der Waals surface area contributed by atoms with Gasteiger partial charge in [-0.15, -0.1) is 0 Å². The van der Waals surface area contributed by atoms with E-state index in [-0.39, 0.29) is 17.2 Å². The molecule has 0 bridgehead atoms. The molecule has 3 rings (SSSR count).